The molecule has 0 aliphatic heterocycles. The average molecular weight is 418 g/mol. The number of carbonyl (C=O) groups excluding carboxylic acids is 2. The number of halogens is 1. The lowest BCUT2D eigenvalue weighted by molar-refractivity contribution is -0.133. The Bertz CT molecular complexity index is 1230. The molecule has 158 valence electrons. The van der Waals surface area contributed by atoms with E-state index in [1.54, 1.807) is 7.05 Å². The summed E-state index contributed by atoms with van der Waals surface area (Å²) in [6, 6.07) is 5.07. The SMILES string of the molecule is C[C@@H](Oc1ccc(F)cc1)C(=O)NNC(=O)Cn1c(=O)c2c(ncn2C)n(C)c1=O. The summed E-state index contributed by atoms with van der Waals surface area (Å²) in [7, 11) is 3.02. The molecule has 1 aromatic carbocycles. The highest BCUT2D eigenvalue weighted by molar-refractivity contribution is 5.84. The van der Waals surface area contributed by atoms with Crippen LogP contribution in [0.5, 0.6) is 5.75 Å². The zero-order chi connectivity index (χ0) is 22.0. The van der Waals surface area contributed by atoms with Crippen molar-refractivity contribution in [2.45, 2.75) is 19.6 Å². The van der Waals surface area contributed by atoms with Crippen LogP contribution in [0.25, 0.3) is 11.2 Å². The molecule has 2 N–H and O–H groups in total. The molecule has 2 aromatic heterocycles. The number of aryl methyl sites for hydroxylation is 2. The number of nitrogens with one attached hydrogen (secondary N) is 2. The number of hydrazine groups is 1. The number of benzene rings is 1. The smallest absolute Gasteiger partial charge is 0.332 e. The standard InChI is InChI=1S/C18H19FN6O5/c1-10(30-12-6-4-11(19)5-7-12)16(27)22-21-13(26)8-25-17(28)14-15(20-9-23(14)2)24(3)18(25)29/h4-7,9-10H,8H2,1-3H3,(H,21,26)(H,22,27)/t10-/m1/s1. The number of imidazole rings is 1. The number of hydrogen-bond acceptors (Lipinski definition) is 6. The predicted octanol–water partition coefficient (Wildman–Crippen LogP) is -0.812. The van der Waals surface area contributed by atoms with E-state index in [1.807, 2.05) is 0 Å². The van der Waals surface area contributed by atoms with Crippen molar-refractivity contribution < 1.29 is 18.7 Å². The molecule has 0 fully saturated rings. The van der Waals surface area contributed by atoms with E-state index in [2.05, 4.69) is 15.8 Å². The molecular weight excluding hydrogens is 399 g/mol. The van der Waals surface area contributed by atoms with E-state index in [9.17, 15) is 23.6 Å². The lowest BCUT2D eigenvalue weighted by atomic mass is 10.3. The van der Waals surface area contributed by atoms with Gasteiger partial charge in [-0.15, -0.1) is 0 Å². The van der Waals surface area contributed by atoms with Gasteiger partial charge < -0.3 is 9.30 Å². The molecule has 12 heteroatoms. The first-order valence-electron chi connectivity index (χ1n) is 8.80. The van der Waals surface area contributed by atoms with Gasteiger partial charge in [-0.3, -0.25) is 29.8 Å². The first kappa shape index (κ1) is 20.8. The van der Waals surface area contributed by atoms with Gasteiger partial charge >= 0.3 is 5.69 Å². The summed E-state index contributed by atoms with van der Waals surface area (Å²) < 4.78 is 21.6. The predicted molar refractivity (Wildman–Crippen MR) is 103 cm³/mol. The highest BCUT2D eigenvalue weighted by Gasteiger charge is 2.19. The molecule has 0 saturated heterocycles. The molecule has 0 aliphatic carbocycles. The first-order valence-corrected chi connectivity index (χ1v) is 8.80. The molecule has 0 unspecified atom stereocenters. The van der Waals surface area contributed by atoms with Crippen molar-refractivity contribution in [3.63, 3.8) is 0 Å². The van der Waals surface area contributed by atoms with Crippen LogP contribution in [-0.4, -0.2) is 36.6 Å². The summed E-state index contributed by atoms with van der Waals surface area (Å²) in [6.07, 6.45) is 0.385. The fourth-order valence-electron chi connectivity index (χ4n) is 2.72. The fourth-order valence-corrected chi connectivity index (χ4v) is 2.72. The number of carbonyl (C=O) groups is 2. The van der Waals surface area contributed by atoms with Gasteiger partial charge in [0.2, 0.25) is 0 Å². The lowest BCUT2D eigenvalue weighted by Crippen LogP contribution is -2.50. The molecule has 0 radical (unpaired) electrons. The lowest BCUT2D eigenvalue weighted by Gasteiger charge is -2.15. The minimum Gasteiger partial charge on any atom is -0.481 e. The molecule has 0 spiro atoms. The van der Waals surface area contributed by atoms with Crippen molar-refractivity contribution in [3.05, 3.63) is 57.2 Å². The van der Waals surface area contributed by atoms with Gasteiger partial charge in [0.1, 0.15) is 18.1 Å². The van der Waals surface area contributed by atoms with Gasteiger partial charge in [0.25, 0.3) is 17.4 Å². The zero-order valence-electron chi connectivity index (χ0n) is 16.4. The number of nitrogens with zero attached hydrogens (tertiary/aromatic N) is 4. The van der Waals surface area contributed by atoms with Crippen LogP contribution in [-0.2, 0) is 30.2 Å². The van der Waals surface area contributed by atoms with Crippen LogP contribution in [0.2, 0.25) is 0 Å². The minimum atomic E-state index is -1.00. The summed E-state index contributed by atoms with van der Waals surface area (Å²) in [4.78, 5) is 53.2. The molecule has 1 atom stereocenters. The van der Waals surface area contributed by atoms with Crippen LogP contribution in [0.15, 0.2) is 40.2 Å². The Kier molecular flexibility index (Phi) is 5.67. The second-order valence-electron chi connectivity index (χ2n) is 6.51. The van der Waals surface area contributed by atoms with Crippen LogP contribution in [0, 0.1) is 5.82 Å². The monoisotopic (exact) mass is 418 g/mol. The topological polar surface area (TPSA) is 129 Å². The molecule has 0 saturated carbocycles. The van der Waals surface area contributed by atoms with Gasteiger partial charge in [-0.2, -0.15) is 0 Å². The maximum Gasteiger partial charge on any atom is 0.332 e. The summed E-state index contributed by atoms with van der Waals surface area (Å²) in [5, 5.41) is 0. The maximum absolute atomic E-state index is 12.9. The molecule has 30 heavy (non-hydrogen) atoms. The fraction of sp³-hybridized carbons (Fsp3) is 0.278. The second-order valence-corrected chi connectivity index (χ2v) is 6.51. The minimum absolute atomic E-state index is 0.162. The quantitative estimate of drug-likeness (QED) is 0.522. The largest absolute Gasteiger partial charge is 0.481 e. The van der Waals surface area contributed by atoms with E-state index in [-0.39, 0.29) is 16.9 Å². The molecule has 0 aliphatic rings. The molecule has 2 heterocycles. The summed E-state index contributed by atoms with van der Waals surface area (Å²) in [5.74, 6) is -1.66. The Labute approximate surface area is 168 Å². The number of aromatic nitrogens is 4. The van der Waals surface area contributed by atoms with Crippen LogP contribution in [0.4, 0.5) is 4.39 Å². The van der Waals surface area contributed by atoms with Gasteiger partial charge in [0, 0.05) is 14.1 Å². The van der Waals surface area contributed by atoms with Crippen molar-refractivity contribution in [1.82, 2.24) is 29.5 Å². The van der Waals surface area contributed by atoms with Crippen molar-refractivity contribution in [2.75, 3.05) is 0 Å². The van der Waals surface area contributed by atoms with Gasteiger partial charge in [-0.25, -0.2) is 18.7 Å². The number of fused-ring (bicyclic) bond motifs is 1. The normalized spacial score (nSPS) is 11.9. The molecule has 3 rings (SSSR count). The van der Waals surface area contributed by atoms with Gasteiger partial charge in [0.15, 0.2) is 17.3 Å². The van der Waals surface area contributed by atoms with Gasteiger partial charge in [0.05, 0.1) is 6.33 Å². The summed E-state index contributed by atoms with van der Waals surface area (Å²) >= 11 is 0. The zero-order valence-corrected chi connectivity index (χ0v) is 16.4. The number of rotatable bonds is 5. The Morgan fingerprint density at radius 2 is 1.83 bits per heavy atom. The van der Waals surface area contributed by atoms with Gasteiger partial charge in [-0.1, -0.05) is 0 Å². The second kappa shape index (κ2) is 8.19. The molecule has 0 bridgehead atoms. The number of amides is 2. The molecule has 11 nitrogen and oxygen atoms in total. The molecular formula is C18H19FN6O5. The van der Waals surface area contributed by atoms with E-state index >= 15 is 0 Å². The van der Waals surface area contributed by atoms with E-state index in [1.165, 1.54) is 49.1 Å². The third kappa shape index (κ3) is 4.06. The summed E-state index contributed by atoms with van der Waals surface area (Å²) in [6.45, 7) is 0.821. The molecule has 2 amide bonds. The average Bonchev–Trinajstić information content (AvgIpc) is 3.11. The Morgan fingerprint density at radius 1 is 1.17 bits per heavy atom. The van der Waals surface area contributed by atoms with E-state index in [0.717, 1.165) is 9.13 Å². The number of hydrogen-bond donors (Lipinski definition) is 2. The Hall–Kier alpha value is -3.96. The first-order chi connectivity index (χ1) is 14.2. The van der Waals surface area contributed by atoms with Crippen LogP contribution < -0.4 is 26.8 Å². The van der Waals surface area contributed by atoms with Crippen molar-refractivity contribution >= 4 is 23.0 Å². The van der Waals surface area contributed by atoms with E-state index < -0.39 is 41.5 Å². The summed E-state index contributed by atoms with van der Waals surface area (Å²) in [5.41, 5.74) is 3.24. The van der Waals surface area contributed by atoms with Crippen molar-refractivity contribution in [1.29, 1.82) is 0 Å². The maximum atomic E-state index is 12.9. The van der Waals surface area contributed by atoms with Crippen LogP contribution in [0.3, 0.4) is 0 Å². The highest BCUT2D eigenvalue weighted by Crippen LogP contribution is 2.12. The van der Waals surface area contributed by atoms with Crippen molar-refractivity contribution in [2.24, 2.45) is 14.1 Å². The van der Waals surface area contributed by atoms with Crippen molar-refractivity contribution in [3.8, 4) is 5.75 Å². The van der Waals surface area contributed by atoms with Crippen LogP contribution in [0.1, 0.15) is 6.92 Å². The Balaban J connectivity index is 1.65. The molecule has 3 aromatic rings. The third-order valence-electron chi connectivity index (χ3n) is 4.32. The highest BCUT2D eigenvalue weighted by atomic mass is 19.1. The van der Waals surface area contributed by atoms with E-state index in [0.29, 0.717) is 0 Å². The third-order valence-corrected chi connectivity index (χ3v) is 4.32. The van der Waals surface area contributed by atoms with Gasteiger partial charge in [-0.05, 0) is 31.2 Å². The van der Waals surface area contributed by atoms with Crippen LogP contribution >= 0.6 is 0 Å². The number of ether oxygens (including phenoxy) is 1. The Morgan fingerprint density at radius 3 is 2.50 bits per heavy atom. The van der Waals surface area contributed by atoms with E-state index in [4.69, 9.17) is 4.74 Å².